The zero-order valence-electron chi connectivity index (χ0n) is 27.5. The summed E-state index contributed by atoms with van der Waals surface area (Å²) in [5.41, 5.74) is 3.39. The molecule has 1 heterocycles. The maximum absolute atomic E-state index is 13.3. The molecule has 0 aliphatic carbocycles. The fourth-order valence-corrected chi connectivity index (χ4v) is 6.04. The van der Waals surface area contributed by atoms with Crippen molar-refractivity contribution in [3.05, 3.63) is 103 Å². The van der Waals surface area contributed by atoms with Crippen LogP contribution in [0, 0.1) is 0 Å². The van der Waals surface area contributed by atoms with Crippen molar-refractivity contribution in [3.8, 4) is 11.4 Å². The molecule has 0 radical (unpaired) electrons. The number of hydrogen-bond acceptors (Lipinski definition) is 4. The number of rotatable bonds is 13. The molecule has 3 aromatic carbocycles. The summed E-state index contributed by atoms with van der Waals surface area (Å²) in [6.45, 7) is 15.6. The van der Waals surface area contributed by atoms with Gasteiger partial charge in [-0.25, -0.2) is 4.68 Å². The molecule has 0 fully saturated rings. The Labute approximate surface area is 286 Å². The lowest BCUT2D eigenvalue weighted by molar-refractivity contribution is 0.102. The molecule has 0 aliphatic heterocycles. The molecule has 46 heavy (non-hydrogen) atoms. The van der Waals surface area contributed by atoms with E-state index in [1.54, 1.807) is 18.2 Å². The van der Waals surface area contributed by atoms with Gasteiger partial charge in [0.15, 0.2) is 6.23 Å². The number of carbonyl (C=O) groups excluding carboxylic acids is 1. The monoisotopic (exact) mass is 684 g/mol. The highest BCUT2D eigenvalue weighted by molar-refractivity contribution is 6.40. The van der Waals surface area contributed by atoms with Gasteiger partial charge in [-0.3, -0.25) is 14.7 Å². The Morgan fingerprint density at radius 3 is 2.22 bits per heavy atom. The first-order valence-electron chi connectivity index (χ1n) is 15.7. The zero-order chi connectivity index (χ0) is 33.8. The molecular formula is C36H43Cl3N4O3. The number of aromatic nitrogens is 2. The molecule has 0 aliphatic rings. The number of carbonyl (C=O) groups is 1. The van der Waals surface area contributed by atoms with Crippen LogP contribution in [0.3, 0.4) is 0 Å². The van der Waals surface area contributed by atoms with Crippen LogP contribution in [0.4, 0.5) is 11.5 Å². The second-order valence-corrected chi connectivity index (χ2v) is 14.1. The van der Waals surface area contributed by atoms with Crippen molar-refractivity contribution in [2.24, 2.45) is 0 Å². The lowest BCUT2D eigenvalue weighted by Gasteiger charge is -2.32. The van der Waals surface area contributed by atoms with Crippen molar-refractivity contribution in [3.63, 3.8) is 0 Å². The van der Waals surface area contributed by atoms with E-state index in [0.29, 0.717) is 10.6 Å². The Morgan fingerprint density at radius 2 is 1.59 bits per heavy atom. The van der Waals surface area contributed by atoms with Crippen LogP contribution in [0.2, 0.25) is 15.1 Å². The Balaban J connectivity index is 1.55. The topological polar surface area (TPSA) is 88.2 Å². The predicted octanol–water partition coefficient (Wildman–Crippen LogP) is 10.4. The first-order chi connectivity index (χ1) is 21.7. The number of nitrogens with one attached hydrogen (secondary N) is 3. The van der Waals surface area contributed by atoms with Crippen LogP contribution in [-0.4, -0.2) is 21.9 Å². The minimum atomic E-state index is -0.451. The van der Waals surface area contributed by atoms with E-state index in [2.05, 4.69) is 82.4 Å². The second-order valence-electron chi connectivity index (χ2n) is 12.8. The summed E-state index contributed by atoms with van der Waals surface area (Å²) in [4.78, 5) is 26.0. The molecule has 0 bridgehead atoms. The van der Waals surface area contributed by atoms with Gasteiger partial charge in [0.25, 0.3) is 11.5 Å². The first kappa shape index (κ1) is 35.5. The van der Waals surface area contributed by atoms with Crippen LogP contribution >= 0.6 is 34.8 Å². The summed E-state index contributed by atoms with van der Waals surface area (Å²) in [6.07, 6.45) is 3.35. The molecule has 1 atom stereocenters. The number of nitrogens with zero attached hydrogens (tertiary/aromatic N) is 1. The van der Waals surface area contributed by atoms with Gasteiger partial charge in [-0.05, 0) is 65.6 Å². The van der Waals surface area contributed by atoms with Gasteiger partial charge < -0.3 is 15.4 Å². The van der Waals surface area contributed by atoms with Gasteiger partial charge in [0.2, 0.25) is 0 Å². The lowest BCUT2D eigenvalue weighted by Crippen LogP contribution is -2.29. The van der Waals surface area contributed by atoms with Gasteiger partial charge in [-0.1, -0.05) is 108 Å². The number of anilines is 2. The molecule has 3 N–H and O–H groups in total. The minimum Gasteiger partial charge on any atom is -0.470 e. The van der Waals surface area contributed by atoms with Gasteiger partial charge >= 0.3 is 0 Å². The highest BCUT2D eigenvalue weighted by atomic mass is 35.5. The molecule has 1 aromatic heterocycles. The summed E-state index contributed by atoms with van der Waals surface area (Å²) >= 11 is 18.6. The number of H-pyrrole nitrogens is 1. The fraction of sp³-hybridized carbons (Fsp3) is 0.389. The molecule has 0 saturated carbocycles. The summed E-state index contributed by atoms with van der Waals surface area (Å²) in [7, 11) is 0. The molecular weight excluding hydrogens is 643 g/mol. The fourth-order valence-electron chi connectivity index (χ4n) is 5.06. The maximum Gasteiger partial charge on any atom is 0.273 e. The quantitative estimate of drug-likeness (QED) is 0.122. The Kier molecular flexibility index (Phi) is 11.2. The molecule has 4 rings (SSSR count). The Bertz CT molecular complexity index is 1740. The number of aromatic amines is 1. The van der Waals surface area contributed by atoms with Gasteiger partial charge in [0.05, 0.1) is 10.0 Å². The standard InChI is InChI=1S/C36H43Cl3N4O3/c1-8-12-31(46-29-16-15-23(35(4,5)9-2)18-26(29)36(6,7)10-3)40-25-14-11-13-22(17-25)34(45)41-30-21-32(44)43(42-30)33-27(38)19-24(37)20-28(33)39/h11,13-21,31,40,42H,8-10,12H2,1-7H3,(H,41,45). The Morgan fingerprint density at radius 1 is 0.913 bits per heavy atom. The number of halogens is 3. The minimum absolute atomic E-state index is 0.0603. The molecule has 0 spiro atoms. The summed E-state index contributed by atoms with van der Waals surface area (Å²) in [6, 6.07) is 18.0. The van der Waals surface area contributed by atoms with Crippen molar-refractivity contribution in [2.75, 3.05) is 10.6 Å². The van der Waals surface area contributed by atoms with Gasteiger partial charge in [-0.15, -0.1) is 0 Å². The van der Waals surface area contributed by atoms with Crippen LogP contribution < -0.4 is 20.9 Å². The summed E-state index contributed by atoms with van der Waals surface area (Å²) in [5.74, 6) is 0.638. The molecule has 7 nitrogen and oxygen atoms in total. The van der Waals surface area contributed by atoms with Crippen molar-refractivity contribution < 1.29 is 9.53 Å². The van der Waals surface area contributed by atoms with Crippen molar-refractivity contribution in [1.82, 2.24) is 9.78 Å². The van der Waals surface area contributed by atoms with Gasteiger partial charge in [0, 0.05) is 34.3 Å². The van der Waals surface area contributed by atoms with Gasteiger partial charge in [0.1, 0.15) is 17.3 Å². The van der Waals surface area contributed by atoms with E-state index in [-0.39, 0.29) is 38.6 Å². The van der Waals surface area contributed by atoms with Crippen LogP contribution in [-0.2, 0) is 10.8 Å². The number of benzene rings is 3. The normalized spacial score (nSPS) is 12.6. The molecule has 1 amide bonds. The van der Waals surface area contributed by atoms with Crippen LogP contribution in [0.5, 0.6) is 5.75 Å². The van der Waals surface area contributed by atoms with E-state index < -0.39 is 11.5 Å². The lowest BCUT2D eigenvalue weighted by atomic mass is 9.76. The van der Waals surface area contributed by atoms with Crippen LogP contribution in [0.1, 0.15) is 95.6 Å². The highest BCUT2D eigenvalue weighted by Crippen LogP contribution is 2.39. The predicted molar refractivity (Wildman–Crippen MR) is 192 cm³/mol. The average molecular weight is 686 g/mol. The van der Waals surface area contributed by atoms with Crippen molar-refractivity contribution >= 4 is 52.2 Å². The number of hydrogen-bond donors (Lipinski definition) is 3. The van der Waals surface area contributed by atoms with Crippen LogP contribution in [0.25, 0.3) is 5.69 Å². The maximum atomic E-state index is 13.3. The molecule has 1 unspecified atom stereocenters. The second kappa shape index (κ2) is 14.6. The molecule has 246 valence electrons. The molecule has 10 heteroatoms. The molecule has 0 saturated heterocycles. The third-order valence-corrected chi connectivity index (χ3v) is 9.50. The average Bonchev–Trinajstić information content (AvgIpc) is 3.35. The zero-order valence-corrected chi connectivity index (χ0v) is 29.8. The summed E-state index contributed by atoms with van der Waals surface area (Å²) < 4.78 is 7.83. The van der Waals surface area contributed by atoms with Crippen molar-refractivity contribution in [1.29, 1.82) is 0 Å². The summed E-state index contributed by atoms with van der Waals surface area (Å²) in [5, 5.41) is 9.81. The van der Waals surface area contributed by atoms with Crippen LogP contribution in [0.15, 0.2) is 65.5 Å². The van der Waals surface area contributed by atoms with E-state index in [1.807, 2.05) is 6.07 Å². The molecule has 4 aromatic rings. The van der Waals surface area contributed by atoms with E-state index in [4.69, 9.17) is 39.5 Å². The van der Waals surface area contributed by atoms with E-state index in [1.165, 1.54) is 29.3 Å². The third-order valence-electron chi connectivity index (χ3n) is 8.70. The van der Waals surface area contributed by atoms with E-state index in [0.717, 1.165) is 41.8 Å². The van der Waals surface area contributed by atoms with E-state index in [9.17, 15) is 9.59 Å². The van der Waals surface area contributed by atoms with Crippen molar-refractivity contribution in [2.45, 2.75) is 91.2 Å². The Hall–Kier alpha value is -3.39. The smallest absolute Gasteiger partial charge is 0.273 e. The first-order valence-corrected chi connectivity index (χ1v) is 16.8. The number of amides is 1. The van der Waals surface area contributed by atoms with Gasteiger partial charge in [-0.2, -0.15) is 0 Å². The third kappa shape index (κ3) is 8.11. The number of ether oxygens (including phenoxy) is 1. The van der Waals surface area contributed by atoms with E-state index >= 15 is 0 Å². The largest absolute Gasteiger partial charge is 0.470 e. The highest BCUT2D eigenvalue weighted by Gasteiger charge is 2.28. The SMILES string of the molecule is CCCC(Nc1cccc(C(=O)Nc2cc(=O)n(-c3c(Cl)cc(Cl)cc3Cl)[nH]2)c1)Oc1ccc(C(C)(C)CC)cc1C(C)(C)CC.